The van der Waals surface area contributed by atoms with Crippen LogP contribution in [-0.2, 0) is 9.59 Å². The summed E-state index contributed by atoms with van der Waals surface area (Å²) in [6.07, 6.45) is 7.25. The maximum Gasteiger partial charge on any atom is 0.254 e. The third-order valence-electron chi connectivity index (χ3n) is 7.81. The molecule has 186 valence electrons. The van der Waals surface area contributed by atoms with Crippen LogP contribution in [0.4, 0.5) is 4.39 Å². The van der Waals surface area contributed by atoms with Crippen molar-refractivity contribution in [3.05, 3.63) is 35.6 Å². The first-order valence-electron chi connectivity index (χ1n) is 12.7. The van der Waals surface area contributed by atoms with Crippen LogP contribution >= 0.6 is 0 Å². The van der Waals surface area contributed by atoms with Gasteiger partial charge in [-0.05, 0) is 94.0 Å². The zero-order valence-corrected chi connectivity index (χ0v) is 20.0. The molecule has 2 atom stereocenters. The predicted octanol–water partition coefficient (Wildman–Crippen LogP) is 2.69. The highest BCUT2D eigenvalue weighted by atomic mass is 19.1. The quantitative estimate of drug-likeness (QED) is 0.638. The summed E-state index contributed by atoms with van der Waals surface area (Å²) in [5.74, 6) is 0.277. The van der Waals surface area contributed by atoms with Crippen molar-refractivity contribution in [2.45, 2.75) is 76.4 Å². The zero-order chi connectivity index (χ0) is 24.2. The Morgan fingerprint density at radius 2 is 1.65 bits per heavy atom. The molecule has 4 rings (SSSR count). The normalized spacial score (nSPS) is 27.2. The van der Waals surface area contributed by atoms with Crippen LogP contribution in [0.2, 0.25) is 0 Å². The van der Waals surface area contributed by atoms with Gasteiger partial charge in [-0.25, -0.2) is 4.39 Å². The molecule has 1 aliphatic heterocycles. The Balaban J connectivity index is 1.42. The Hall–Kier alpha value is -2.48. The molecule has 0 aromatic heterocycles. The van der Waals surface area contributed by atoms with E-state index >= 15 is 0 Å². The first-order chi connectivity index (χ1) is 16.4. The van der Waals surface area contributed by atoms with E-state index in [4.69, 9.17) is 5.73 Å². The summed E-state index contributed by atoms with van der Waals surface area (Å²) in [5, 5.41) is 3.10. The van der Waals surface area contributed by atoms with Crippen LogP contribution in [-0.4, -0.2) is 65.3 Å². The maximum atomic E-state index is 13.4. The van der Waals surface area contributed by atoms with E-state index in [9.17, 15) is 18.8 Å². The van der Waals surface area contributed by atoms with Gasteiger partial charge in [-0.1, -0.05) is 0 Å². The molecule has 34 heavy (non-hydrogen) atoms. The molecule has 3 amide bonds. The van der Waals surface area contributed by atoms with E-state index in [2.05, 4.69) is 5.32 Å². The smallest absolute Gasteiger partial charge is 0.254 e. The van der Waals surface area contributed by atoms with Crippen LogP contribution in [0, 0.1) is 17.7 Å². The number of nitrogens with two attached hydrogens (primary N) is 1. The molecule has 0 spiro atoms. The summed E-state index contributed by atoms with van der Waals surface area (Å²) in [4.78, 5) is 42.4. The van der Waals surface area contributed by atoms with Crippen molar-refractivity contribution in [3.63, 3.8) is 0 Å². The third-order valence-corrected chi connectivity index (χ3v) is 7.81. The van der Waals surface area contributed by atoms with Crippen molar-refractivity contribution < 1.29 is 18.8 Å². The molecule has 2 saturated carbocycles. The first-order valence-corrected chi connectivity index (χ1v) is 12.7. The van der Waals surface area contributed by atoms with Gasteiger partial charge in [0.05, 0.1) is 0 Å². The highest BCUT2D eigenvalue weighted by Crippen LogP contribution is 2.35. The number of amides is 3. The number of nitrogens with one attached hydrogen (secondary N) is 1. The van der Waals surface area contributed by atoms with Gasteiger partial charge in [0.2, 0.25) is 11.8 Å². The maximum absolute atomic E-state index is 13.4. The fourth-order valence-corrected chi connectivity index (χ4v) is 5.58. The Kier molecular flexibility index (Phi) is 7.86. The average Bonchev–Trinajstić information content (AvgIpc) is 3.68. The van der Waals surface area contributed by atoms with Crippen molar-refractivity contribution >= 4 is 17.7 Å². The highest BCUT2D eigenvalue weighted by Gasteiger charge is 2.43. The largest absolute Gasteiger partial charge is 0.354 e. The highest BCUT2D eigenvalue weighted by molar-refractivity contribution is 5.95. The van der Waals surface area contributed by atoms with Crippen molar-refractivity contribution in [3.8, 4) is 0 Å². The molecule has 0 bridgehead atoms. The molecule has 3 fully saturated rings. The van der Waals surface area contributed by atoms with Gasteiger partial charge in [0.15, 0.2) is 0 Å². The summed E-state index contributed by atoms with van der Waals surface area (Å²) in [6.45, 7) is 3.28. The van der Waals surface area contributed by atoms with Crippen LogP contribution in [0.1, 0.15) is 68.6 Å². The SMILES string of the molecule is CC(=O)N1CCC(N(C(=O)c2ccc(F)cc2)C2CC2)C[C@@H]1C(=O)NCC1CCC(CN)CC1. The number of halogens is 1. The molecule has 3 aliphatic rings. The van der Waals surface area contributed by atoms with E-state index in [1.54, 1.807) is 4.90 Å². The lowest BCUT2D eigenvalue weighted by molar-refractivity contribution is -0.142. The number of hydrogen-bond acceptors (Lipinski definition) is 4. The number of hydrogen-bond donors (Lipinski definition) is 2. The minimum absolute atomic E-state index is 0.120. The second-order valence-electron chi connectivity index (χ2n) is 10.2. The van der Waals surface area contributed by atoms with Crippen LogP contribution in [0.5, 0.6) is 0 Å². The van der Waals surface area contributed by atoms with Gasteiger partial charge < -0.3 is 20.9 Å². The van der Waals surface area contributed by atoms with Crippen molar-refractivity contribution in [1.29, 1.82) is 0 Å². The lowest BCUT2D eigenvalue weighted by Crippen LogP contribution is -2.58. The molecule has 1 unspecified atom stereocenters. The fraction of sp³-hybridized carbons (Fsp3) is 0.654. The van der Waals surface area contributed by atoms with E-state index in [-0.39, 0.29) is 35.6 Å². The summed E-state index contributed by atoms with van der Waals surface area (Å²) < 4.78 is 13.4. The minimum atomic E-state index is -0.584. The Morgan fingerprint density at radius 1 is 1.00 bits per heavy atom. The molecule has 8 heteroatoms. The number of carbonyl (C=O) groups is 3. The lowest BCUT2D eigenvalue weighted by Gasteiger charge is -2.43. The number of carbonyl (C=O) groups excluding carboxylic acids is 3. The van der Waals surface area contributed by atoms with Crippen molar-refractivity contribution in [1.82, 2.24) is 15.1 Å². The number of rotatable bonds is 7. The van der Waals surface area contributed by atoms with Crippen molar-refractivity contribution in [2.75, 3.05) is 19.6 Å². The van der Waals surface area contributed by atoms with Gasteiger partial charge in [0.25, 0.3) is 5.91 Å². The second-order valence-corrected chi connectivity index (χ2v) is 10.2. The van der Waals surface area contributed by atoms with Gasteiger partial charge in [-0.2, -0.15) is 0 Å². The molecule has 1 heterocycles. The molecular weight excluding hydrogens is 435 g/mol. The number of likely N-dealkylation sites (tertiary alicyclic amines) is 1. The summed E-state index contributed by atoms with van der Waals surface area (Å²) in [6, 6.07) is 5.06. The van der Waals surface area contributed by atoms with Crippen molar-refractivity contribution in [2.24, 2.45) is 17.6 Å². The summed E-state index contributed by atoms with van der Waals surface area (Å²) in [5.41, 5.74) is 6.24. The van der Waals surface area contributed by atoms with Crippen LogP contribution in [0.25, 0.3) is 0 Å². The van der Waals surface area contributed by atoms with Gasteiger partial charge in [-0.3, -0.25) is 14.4 Å². The van der Waals surface area contributed by atoms with Gasteiger partial charge >= 0.3 is 0 Å². The summed E-state index contributed by atoms with van der Waals surface area (Å²) >= 11 is 0. The average molecular weight is 473 g/mol. The molecule has 0 radical (unpaired) electrons. The molecule has 1 saturated heterocycles. The molecule has 3 N–H and O–H groups in total. The lowest BCUT2D eigenvalue weighted by atomic mass is 9.82. The molecule has 1 aromatic rings. The van der Waals surface area contributed by atoms with Crippen LogP contribution in [0.3, 0.4) is 0 Å². The molecular formula is C26H37FN4O3. The van der Waals surface area contributed by atoms with Gasteiger partial charge in [0.1, 0.15) is 11.9 Å². The van der Waals surface area contributed by atoms with E-state index in [1.807, 2.05) is 4.90 Å². The Morgan fingerprint density at radius 3 is 2.24 bits per heavy atom. The topological polar surface area (TPSA) is 95.7 Å². The zero-order valence-electron chi connectivity index (χ0n) is 20.0. The molecule has 1 aromatic carbocycles. The fourth-order valence-electron chi connectivity index (χ4n) is 5.58. The standard InChI is InChI=1S/C26H37FN4O3/c1-17(32)30-13-12-23(31(22-10-11-22)26(34)20-6-8-21(27)9-7-20)14-24(30)25(33)29-16-19-4-2-18(15-28)3-5-19/h6-9,18-19,22-24H,2-5,10-16,28H2,1H3,(H,29,33)/t18?,19?,23?,24-/m1/s1. The third kappa shape index (κ3) is 5.77. The predicted molar refractivity (Wildman–Crippen MR) is 127 cm³/mol. The molecule has 7 nitrogen and oxygen atoms in total. The Bertz CT molecular complexity index is 881. The monoisotopic (exact) mass is 472 g/mol. The van der Waals surface area contributed by atoms with E-state index in [0.717, 1.165) is 45.1 Å². The van der Waals surface area contributed by atoms with E-state index in [1.165, 1.54) is 31.2 Å². The molecule has 2 aliphatic carbocycles. The minimum Gasteiger partial charge on any atom is -0.354 e. The second kappa shape index (κ2) is 10.8. The first kappa shape index (κ1) is 24.6. The number of benzene rings is 1. The number of nitrogens with zero attached hydrogens (tertiary/aromatic N) is 2. The summed E-state index contributed by atoms with van der Waals surface area (Å²) in [7, 11) is 0. The van der Waals surface area contributed by atoms with Crippen LogP contribution < -0.4 is 11.1 Å². The van der Waals surface area contributed by atoms with Crippen LogP contribution in [0.15, 0.2) is 24.3 Å². The Labute approximate surface area is 201 Å². The van der Waals surface area contributed by atoms with E-state index in [0.29, 0.717) is 43.3 Å². The van der Waals surface area contributed by atoms with Gasteiger partial charge in [-0.15, -0.1) is 0 Å². The van der Waals surface area contributed by atoms with E-state index < -0.39 is 6.04 Å². The number of piperidine rings is 1. The van der Waals surface area contributed by atoms with Gasteiger partial charge in [0, 0.05) is 37.7 Å².